The normalized spacial score (nSPS) is 19.1. The molecule has 20 heavy (non-hydrogen) atoms. The molecule has 1 aliphatic rings. The summed E-state index contributed by atoms with van der Waals surface area (Å²) in [7, 11) is 0. The Balaban J connectivity index is 1.59. The first-order valence-corrected chi connectivity index (χ1v) is 8.14. The van der Waals surface area contributed by atoms with Crippen LogP contribution in [0.2, 0.25) is 0 Å². The molecule has 4 nitrogen and oxygen atoms in total. The van der Waals surface area contributed by atoms with E-state index in [0.717, 1.165) is 30.2 Å². The Labute approximate surface area is 123 Å². The van der Waals surface area contributed by atoms with E-state index in [1.807, 2.05) is 30.0 Å². The molecule has 0 bridgehead atoms. The fourth-order valence-electron chi connectivity index (χ4n) is 2.44. The Morgan fingerprint density at radius 1 is 1.30 bits per heavy atom. The molecule has 3 rings (SSSR count). The molecule has 5 heteroatoms. The zero-order valence-corrected chi connectivity index (χ0v) is 12.2. The molecule has 0 aliphatic carbocycles. The van der Waals surface area contributed by atoms with E-state index in [2.05, 4.69) is 16.2 Å². The second-order valence-electron chi connectivity index (χ2n) is 5.15. The summed E-state index contributed by atoms with van der Waals surface area (Å²) in [5, 5.41) is 4.56. The van der Waals surface area contributed by atoms with Crippen LogP contribution in [0.1, 0.15) is 41.8 Å². The van der Waals surface area contributed by atoms with Gasteiger partial charge in [0.05, 0.1) is 5.25 Å². The standard InChI is InChI=1S/C15H19N3OS/c16-12-5-3-4-11(10-12)7-8-14-17-15(18-19-14)13-6-1-2-9-20-13/h3-5,10,13H,1-2,6-9,16H2. The predicted molar refractivity (Wildman–Crippen MR) is 81.6 cm³/mol. The van der Waals surface area contributed by atoms with Crippen LogP contribution in [0.15, 0.2) is 28.8 Å². The number of nitrogen functional groups attached to an aromatic ring is 1. The SMILES string of the molecule is Nc1cccc(CCc2nc(C3CCCCS3)no2)c1. The van der Waals surface area contributed by atoms with Crippen molar-refractivity contribution in [2.24, 2.45) is 0 Å². The molecule has 1 unspecified atom stereocenters. The lowest BCUT2D eigenvalue weighted by Gasteiger charge is -2.17. The van der Waals surface area contributed by atoms with Crippen molar-refractivity contribution in [2.75, 3.05) is 11.5 Å². The van der Waals surface area contributed by atoms with Crippen molar-refractivity contribution in [3.8, 4) is 0 Å². The number of hydrogen-bond donors (Lipinski definition) is 1. The largest absolute Gasteiger partial charge is 0.399 e. The third kappa shape index (κ3) is 3.33. The van der Waals surface area contributed by atoms with Crippen LogP contribution in [0.5, 0.6) is 0 Å². The summed E-state index contributed by atoms with van der Waals surface area (Å²) < 4.78 is 5.36. The van der Waals surface area contributed by atoms with Gasteiger partial charge >= 0.3 is 0 Å². The number of nitrogens with two attached hydrogens (primary N) is 1. The summed E-state index contributed by atoms with van der Waals surface area (Å²) in [5.74, 6) is 2.81. The first-order chi connectivity index (χ1) is 9.81. The Morgan fingerprint density at radius 3 is 3.05 bits per heavy atom. The van der Waals surface area contributed by atoms with E-state index in [-0.39, 0.29) is 0 Å². The molecule has 0 radical (unpaired) electrons. The van der Waals surface area contributed by atoms with Crippen LogP contribution in [0.25, 0.3) is 0 Å². The highest BCUT2D eigenvalue weighted by atomic mass is 32.2. The molecule has 2 aromatic rings. The predicted octanol–water partition coefficient (Wildman–Crippen LogP) is 3.40. The number of anilines is 1. The average molecular weight is 289 g/mol. The molecule has 1 aromatic heterocycles. The van der Waals surface area contributed by atoms with Gasteiger partial charge in [0.1, 0.15) is 0 Å². The number of hydrogen-bond acceptors (Lipinski definition) is 5. The molecular weight excluding hydrogens is 270 g/mol. The van der Waals surface area contributed by atoms with Gasteiger partial charge < -0.3 is 10.3 Å². The van der Waals surface area contributed by atoms with E-state index < -0.39 is 0 Å². The van der Waals surface area contributed by atoms with Crippen LogP contribution in [0.3, 0.4) is 0 Å². The average Bonchev–Trinajstić information content (AvgIpc) is 2.95. The summed E-state index contributed by atoms with van der Waals surface area (Å²) in [5.41, 5.74) is 7.78. The highest BCUT2D eigenvalue weighted by Gasteiger charge is 2.21. The van der Waals surface area contributed by atoms with Crippen LogP contribution < -0.4 is 5.73 Å². The highest BCUT2D eigenvalue weighted by Crippen LogP contribution is 2.36. The van der Waals surface area contributed by atoms with Gasteiger partial charge in [-0.1, -0.05) is 23.7 Å². The van der Waals surface area contributed by atoms with Gasteiger partial charge in [-0.3, -0.25) is 0 Å². The summed E-state index contributed by atoms with van der Waals surface area (Å²) in [6.45, 7) is 0. The number of nitrogens with zero attached hydrogens (tertiary/aromatic N) is 2. The number of thioether (sulfide) groups is 1. The summed E-state index contributed by atoms with van der Waals surface area (Å²) in [6.07, 6.45) is 5.39. The maximum Gasteiger partial charge on any atom is 0.227 e. The summed E-state index contributed by atoms with van der Waals surface area (Å²) >= 11 is 1.94. The minimum Gasteiger partial charge on any atom is -0.399 e. The maximum atomic E-state index is 5.78. The van der Waals surface area contributed by atoms with Gasteiger partial charge in [0.15, 0.2) is 5.82 Å². The number of rotatable bonds is 4. The Kier molecular flexibility index (Phi) is 4.25. The molecule has 0 saturated carbocycles. The van der Waals surface area contributed by atoms with Crippen LogP contribution >= 0.6 is 11.8 Å². The van der Waals surface area contributed by atoms with Crippen LogP contribution in [0.4, 0.5) is 5.69 Å². The Morgan fingerprint density at radius 2 is 2.25 bits per heavy atom. The minimum absolute atomic E-state index is 0.425. The lowest BCUT2D eigenvalue weighted by atomic mass is 10.1. The topological polar surface area (TPSA) is 64.9 Å². The number of benzene rings is 1. The molecule has 1 atom stereocenters. The molecular formula is C15H19N3OS. The molecule has 0 amide bonds. The lowest BCUT2D eigenvalue weighted by molar-refractivity contribution is 0.372. The number of aryl methyl sites for hydroxylation is 2. The van der Waals surface area contributed by atoms with Gasteiger partial charge in [0.2, 0.25) is 5.89 Å². The summed E-state index contributed by atoms with van der Waals surface area (Å²) in [6, 6.07) is 7.94. The molecule has 1 aromatic carbocycles. The molecule has 1 fully saturated rings. The van der Waals surface area contributed by atoms with E-state index in [1.54, 1.807) is 0 Å². The second kappa shape index (κ2) is 6.31. The third-order valence-corrected chi connectivity index (χ3v) is 4.90. The minimum atomic E-state index is 0.425. The summed E-state index contributed by atoms with van der Waals surface area (Å²) in [4.78, 5) is 4.54. The number of aromatic nitrogens is 2. The van der Waals surface area contributed by atoms with Crippen LogP contribution in [-0.4, -0.2) is 15.9 Å². The van der Waals surface area contributed by atoms with Gasteiger partial charge in [-0.15, -0.1) is 0 Å². The van der Waals surface area contributed by atoms with Crippen molar-refractivity contribution >= 4 is 17.4 Å². The zero-order chi connectivity index (χ0) is 13.8. The van der Waals surface area contributed by atoms with Gasteiger partial charge in [0, 0.05) is 12.1 Å². The first-order valence-electron chi connectivity index (χ1n) is 7.10. The fraction of sp³-hybridized carbons (Fsp3) is 0.467. The van der Waals surface area contributed by atoms with Crippen molar-refractivity contribution in [3.05, 3.63) is 41.5 Å². The lowest BCUT2D eigenvalue weighted by Crippen LogP contribution is -2.04. The van der Waals surface area contributed by atoms with Crippen LogP contribution in [0, 0.1) is 0 Å². The Bertz CT molecular complexity index is 564. The molecule has 0 spiro atoms. The van der Waals surface area contributed by atoms with Crippen molar-refractivity contribution in [1.82, 2.24) is 10.1 Å². The van der Waals surface area contributed by atoms with E-state index in [0.29, 0.717) is 5.25 Å². The Hall–Kier alpha value is -1.49. The van der Waals surface area contributed by atoms with E-state index in [1.165, 1.54) is 30.6 Å². The molecule has 2 N–H and O–H groups in total. The maximum absolute atomic E-state index is 5.78. The first kappa shape index (κ1) is 13.5. The van der Waals surface area contributed by atoms with Gasteiger partial charge in [0.25, 0.3) is 0 Å². The second-order valence-corrected chi connectivity index (χ2v) is 6.46. The van der Waals surface area contributed by atoms with E-state index in [9.17, 15) is 0 Å². The fourth-order valence-corrected chi connectivity index (χ4v) is 3.68. The van der Waals surface area contributed by atoms with Crippen LogP contribution in [-0.2, 0) is 12.8 Å². The molecule has 2 heterocycles. The molecule has 1 saturated heterocycles. The smallest absolute Gasteiger partial charge is 0.227 e. The molecule has 106 valence electrons. The van der Waals surface area contributed by atoms with Gasteiger partial charge in [-0.05, 0) is 42.7 Å². The zero-order valence-electron chi connectivity index (χ0n) is 11.4. The van der Waals surface area contributed by atoms with Crippen molar-refractivity contribution < 1.29 is 4.52 Å². The quantitative estimate of drug-likeness (QED) is 0.874. The van der Waals surface area contributed by atoms with E-state index >= 15 is 0 Å². The van der Waals surface area contributed by atoms with Gasteiger partial charge in [-0.25, -0.2) is 0 Å². The van der Waals surface area contributed by atoms with Crippen molar-refractivity contribution in [2.45, 2.75) is 37.4 Å². The van der Waals surface area contributed by atoms with Crippen molar-refractivity contribution in [3.63, 3.8) is 0 Å². The highest BCUT2D eigenvalue weighted by molar-refractivity contribution is 7.99. The van der Waals surface area contributed by atoms with Gasteiger partial charge in [-0.2, -0.15) is 16.7 Å². The molecule has 1 aliphatic heterocycles. The van der Waals surface area contributed by atoms with E-state index in [4.69, 9.17) is 10.3 Å². The van der Waals surface area contributed by atoms with Crippen molar-refractivity contribution in [1.29, 1.82) is 0 Å². The third-order valence-electron chi connectivity index (χ3n) is 3.53. The monoisotopic (exact) mass is 289 g/mol.